The van der Waals surface area contributed by atoms with Crippen molar-refractivity contribution in [1.82, 2.24) is 0 Å². The van der Waals surface area contributed by atoms with Gasteiger partial charge in [-0.25, -0.2) is 0 Å². The molecule has 0 spiro atoms. The molecule has 1 heteroatoms. The Labute approximate surface area is 100 Å². The van der Waals surface area contributed by atoms with Crippen molar-refractivity contribution >= 4 is 5.78 Å². The van der Waals surface area contributed by atoms with Gasteiger partial charge in [0.1, 0.15) is 5.78 Å². The highest BCUT2D eigenvalue weighted by Gasteiger charge is 2.01. The van der Waals surface area contributed by atoms with Gasteiger partial charge in [0.15, 0.2) is 0 Å². The van der Waals surface area contributed by atoms with E-state index in [0.29, 0.717) is 5.78 Å². The Kier molecular flexibility index (Phi) is 7.86. The van der Waals surface area contributed by atoms with Gasteiger partial charge >= 0.3 is 0 Å². The van der Waals surface area contributed by atoms with Crippen molar-refractivity contribution in [3.05, 3.63) is 0 Å². The summed E-state index contributed by atoms with van der Waals surface area (Å²) < 4.78 is 0. The predicted molar refractivity (Wildman–Crippen MR) is 68.2 cm³/mol. The van der Waals surface area contributed by atoms with E-state index in [-0.39, 0.29) is 0 Å². The van der Waals surface area contributed by atoms with Crippen LogP contribution in [0.3, 0.4) is 0 Å². The molecule has 0 radical (unpaired) electrons. The first-order chi connectivity index (χ1) is 7.89. The molecule has 0 heterocycles. The standard InChI is InChI=1S/C15H24O/c16-15-13-11-9-7-5-3-1-2-4-6-8-10-12-14-15/h1-5,7,9-14H2. The second-order valence-corrected chi connectivity index (χ2v) is 4.72. The van der Waals surface area contributed by atoms with Crippen LogP contribution in [0.25, 0.3) is 0 Å². The largest absolute Gasteiger partial charge is 0.300 e. The minimum absolute atomic E-state index is 0.441. The molecular formula is C15H24O. The van der Waals surface area contributed by atoms with Gasteiger partial charge in [-0.3, -0.25) is 4.79 Å². The Balaban J connectivity index is 2.22. The van der Waals surface area contributed by atoms with E-state index >= 15 is 0 Å². The molecule has 0 aromatic carbocycles. The molecule has 0 fully saturated rings. The van der Waals surface area contributed by atoms with E-state index in [4.69, 9.17) is 0 Å². The molecular weight excluding hydrogens is 196 g/mol. The van der Waals surface area contributed by atoms with Crippen LogP contribution in [0.4, 0.5) is 0 Å². The number of hydrogen-bond donors (Lipinski definition) is 0. The molecule has 0 atom stereocenters. The second-order valence-electron chi connectivity index (χ2n) is 4.72. The smallest absolute Gasteiger partial charge is 0.132 e. The molecule has 0 amide bonds. The van der Waals surface area contributed by atoms with Gasteiger partial charge in [-0.05, 0) is 19.3 Å². The number of rotatable bonds is 0. The maximum Gasteiger partial charge on any atom is 0.132 e. The van der Waals surface area contributed by atoms with E-state index in [0.717, 1.165) is 38.5 Å². The molecule has 16 heavy (non-hydrogen) atoms. The molecule has 0 saturated heterocycles. The Morgan fingerprint density at radius 2 is 1.12 bits per heavy atom. The molecule has 1 nitrogen and oxygen atoms in total. The summed E-state index contributed by atoms with van der Waals surface area (Å²) in [7, 11) is 0. The molecule has 90 valence electrons. The zero-order valence-corrected chi connectivity index (χ0v) is 10.4. The van der Waals surface area contributed by atoms with Gasteiger partial charge in [0.2, 0.25) is 0 Å². The molecule has 0 aliphatic heterocycles. The normalized spacial score (nSPS) is 21.4. The summed E-state index contributed by atoms with van der Waals surface area (Å²) in [4.78, 5) is 11.5. The molecule has 0 bridgehead atoms. The Morgan fingerprint density at radius 1 is 0.625 bits per heavy atom. The Bertz CT molecular complexity index is 244. The number of ketones is 1. The van der Waals surface area contributed by atoms with Crippen molar-refractivity contribution in [2.75, 3.05) is 0 Å². The summed E-state index contributed by atoms with van der Waals surface area (Å²) in [5, 5.41) is 0. The van der Waals surface area contributed by atoms with Crippen LogP contribution in [0, 0.1) is 11.8 Å². The molecule has 0 aromatic rings. The molecule has 0 unspecified atom stereocenters. The number of carbonyl (C=O) groups is 1. The average Bonchev–Trinajstić information content (AvgIpc) is 2.29. The van der Waals surface area contributed by atoms with E-state index in [1.807, 2.05) is 0 Å². The minimum Gasteiger partial charge on any atom is -0.300 e. The quantitative estimate of drug-likeness (QED) is 0.558. The van der Waals surface area contributed by atoms with Crippen molar-refractivity contribution in [2.24, 2.45) is 0 Å². The zero-order chi connectivity index (χ0) is 11.5. The summed E-state index contributed by atoms with van der Waals surface area (Å²) >= 11 is 0. The first-order valence-corrected chi connectivity index (χ1v) is 6.87. The molecule has 0 saturated carbocycles. The van der Waals surface area contributed by atoms with E-state index in [2.05, 4.69) is 11.8 Å². The fourth-order valence-corrected chi connectivity index (χ4v) is 2.10. The van der Waals surface area contributed by atoms with Crippen molar-refractivity contribution in [2.45, 2.75) is 77.0 Å². The summed E-state index contributed by atoms with van der Waals surface area (Å²) in [5.41, 5.74) is 0. The fourth-order valence-electron chi connectivity index (χ4n) is 2.10. The van der Waals surface area contributed by atoms with E-state index in [9.17, 15) is 4.79 Å². The van der Waals surface area contributed by atoms with Crippen LogP contribution in [0.15, 0.2) is 0 Å². The van der Waals surface area contributed by atoms with Gasteiger partial charge in [-0.1, -0.05) is 32.1 Å². The van der Waals surface area contributed by atoms with Gasteiger partial charge < -0.3 is 0 Å². The molecule has 1 aliphatic rings. The van der Waals surface area contributed by atoms with E-state index in [1.54, 1.807) is 0 Å². The maximum absolute atomic E-state index is 11.5. The predicted octanol–water partition coefficient (Wildman–Crippen LogP) is 4.25. The lowest BCUT2D eigenvalue weighted by Crippen LogP contribution is -1.97. The van der Waals surface area contributed by atoms with Gasteiger partial charge in [0, 0.05) is 25.7 Å². The zero-order valence-electron chi connectivity index (χ0n) is 10.4. The highest BCUT2D eigenvalue weighted by atomic mass is 16.1. The van der Waals surface area contributed by atoms with E-state index < -0.39 is 0 Å². The van der Waals surface area contributed by atoms with Crippen LogP contribution >= 0.6 is 0 Å². The first kappa shape index (κ1) is 13.3. The fraction of sp³-hybridized carbons (Fsp3) is 0.800. The van der Waals surface area contributed by atoms with Gasteiger partial charge in [0.05, 0.1) is 0 Å². The molecule has 1 rings (SSSR count). The number of hydrogen-bond acceptors (Lipinski definition) is 1. The van der Waals surface area contributed by atoms with Crippen LogP contribution in [-0.4, -0.2) is 5.78 Å². The Hall–Kier alpha value is -0.770. The number of Topliss-reactive ketones (excluding diaryl/α,β-unsaturated/α-hetero) is 1. The summed E-state index contributed by atoms with van der Waals surface area (Å²) in [6.07, 6.45) is 13.4. The third kappa shape index (κ3) is 7.51. The van der Waals surface area contributed by atoms with Crippen LogP contribution in [0.5, 0.6) is 0 Å². The highest BCUT2D eigenvalue weighted by Crippen LogP contribution is 2.11. The summed E-state index contributed by atoms with van der Waals surface area (Å²) in [6.45, 7) is 0. The van der Waals surface area contributed by atoms with Crippen LogP contribution in [0.1, 0.15) is 77.0 Å². The van der Waals surface area contributed by atoms with Crippen LogP contribution < -0.4 is 0 Å². The van der Waals surface area contributed by atoms with Crippen LogP contribution in [-0.2, 0) is 4.79 Å². The van der Waals surface area contributed by atoms with E-state index in [1.165, 1.54) is 38.5 Å². The molecule has 0 N–H and O–H groups in total. The lowest BCUT2D eigenvalue weighted by molar-refractivity contribution is -0.119. The first-order valence-electron chi connectivity index (χ1n) is 6.87. The lowest BCUT2D eigenvalue weighted by atomic mass is 10.0. The summed E-state index contributed by atoms with van der Waals surface area (Å²) in [6, 6.07) is 0. The monoisotopic (exact) mass is 220 g/mol. The van der Waals surface area contributed by atoms with Crippen molar-refractivity contribution in [3.8, 4) is 11.8 Å². The summed E-state index contributed by atoms with van der Waals surface area (Å²) in [5.74, 6) is 6.82. The van der Waals surface area contributed by atoms with Crippen molar-refractivity contribution in [3.63, 3.8) is 0 Å². The third-order valence-electron chi connectivity index (χ3n) is 3.14. The third-order valence-corrected chi connectivity index (χ3v) is 3.14. The minimum atomic E-state index is 0.441. The number of carbonyl (C=O) groups excluding carboxylic acids is 1. The maximum atomic E-state index is 11.5. The topological polar surface area (TPSA) is 17.1 Å². The molecule has 1 aliphatic carbocycles. The van der Waals surface area contributed by atoms with Crippen LogP contribution in [0.2, 0.25) is 0 Å². The second kappa shape index (κ2) is 9.46. The Morgan fingerprint density at radius 3 is 1.88 bits per heavy atom. The highest BCUT2D eigenvalue weighted by molar-refractivity contribution is 5.78. The van der Waals surface area contributed by atoms with Gasteiger partial charge in [0.25, 0.3) is 0 Å². The average molecular weight is 220 g/mol. The SMILES string of the molecule is O=C1CCCC#CCCCCCCCCC1. The van der Waals surface area contributed by atoms with Crippen molar-refractivity contribution in [1.29, 1.82) is 0 Å². The van der Waals surface area contributed by atoms with Gasteiger partial charge in [-0.15, -0.1) is 11.8 Å². The molecule has 0 aromatic heterocycles. The van der Waals surface area contributed by atoms with Crippen molar-refractivity contribution < 1.29 is 4.79 Å². The van der Waals surface area contributed by atoms with Gasteiger partial charge in [-0.2, -0.15) is 0 Å². The lowest BCUT2D eigenvalue weighted by Gasteiger charge is -2.01.